The van der Waals surface area contributed by atoms with Crippen molar-refractivity contribution in [3.05, 3.63) is 28.5 Å². The van der Waals surface area contributed by atoms with Gasteiger partial charge < -0.3 is 15.0 Å². The summed E-state index contributed by atoms with van der Waals surface area (Å²) in [5.74, 6) is -0.522. The third-order valence-corrected chi connectivity index (χ3v) is 2.80. The van der Waals surface area contributed by atoms with Crippen LogP contribution in [-0.4, -0.2) is 22.7 Å². The lowest BCUT2D eigenvalue weighted by Gasteiger charge is -1.99. The standard InChI is InChI=1S/C11H10BrN3O3/c1-2-17-11(16)9-14-10(18-15-9)7-5-6(13)3-4-8(7)12/h3-5H,2,13H2,1H3. The second-order valence-corrected chi connectivity index (χ2v) is 4.24. The highest BCUT2D eigenvalue weighted by Crippen LogP contribution is 2.28. The molecule has 0 unspecified atom stereocenters. The van der Waals surface area contributed by atoms with Crippen molar-refractivity contribution in [2.24, 2.45) is 0 Å². The summed E-state index contributed by atoms with van der Waals surface area (Å²) >= 11 is 3.34. The summed E-state index contributed by atoms with van der Waals surface area (Å²) in [6.45, 7) is 1.96. The van der Waals surface area contributed by atoms with Crippen LogP contribution in [0.15, 0.2) is 27.2 Å². The molecular formula is C11H10BrN3O3. The van der Waals surface area contributed by atoms with Crippen LogP contribution in [-0.2, 0) is 4.74 Å². The normalized spacial score (nSPS) is 10.3. The van der Waals surface area contributed by atoms with E-state index in [0.29, 0.717) is 11.3 Å². The van der Waals surface area contributed by atoms with Crippen LogP contribution in [0.4, 0.5) is 5.69 Å². The molecule has 7 heteroatoms. The summed E-state index contributed by atoms with van der Waals surface area (Å²) in [5, 5.41) is 3.56. The molecule has 0 aliphatic rings. The topological polar surface area (TPSA) is 91.2 Å². The minimum atomic E-state index is -0.618. The number of halogens is 1. The summed E-state index contributed by atoms with van der Waals surface area (Å²) in [5.41, 5.74) is 6.86. The smallest absolute Gasteiger partial charge is 0.379 e. The van der Waals surface area contributed by atoms with Crippen LogP contribution < -0.4 is 5.73 Å². The Hall–Kier alpha value is -1.89. The van der Waals surface area contributed by atoms with Crippen molar-refractivity contribution < 1.29 is 14.1 Å². The van der Waals surface area contributed by atoms with Crippen LogP contribution in [0, 0.1) is 0 Å². The van der Waals surface area contributed by atoms with Crippen molar-refractivity contribution in [1.82, 2.24) is 10.1 Å². The summed E-state index contributed by atoms with van der Waals surface area (Å²) in [6.07, 6.45) is 0. The number of carbonyl (C=O) groups excluding carboxylic acids is 1. The molecule has 2 aromatic rings. The number of nitrogens with zero attached hydrogens (tertiary/aromatic N) is 2. The lowest BCUT2D eigenvalue weighted by molar-refractivity contribution is 0.0508. The Labute approximate surface area is 111 Å². The van der Waals surface area contributed by atoms with E-state index in [9.17, 15) is 4.79 Å². The van der Waals surface area contributed by atoms with Crippen LogP contribution >= 0.6 is 15.9 Å². The van der Waals surface area contributed by atoms with Gasteiger partial charge in [0.25, 0.3) is 11.7 Å². The van der Waals surface area contributed by atoms with Gasteiger partial charge in [-0.1, -0.05) is 0 Å². The van der Waals surface area contributed by atoms with Gasteiger partial charge >= 0.3 is 5.97 Å². The highest BCUT2D eigenvalue weighted by molar-refractivity contribution is 9.10. The minimum Gasteiger partial charge on any atom is -0.460 e. The molecule has 6 nitrogen and oxygen atoms in total. The van der Waals surface area contributed by atoms with Gasteiger partial charge in [0, 0.05) is 10.2 Å². The molecule has 0 saturated heterocycles. The number of hydrogen-bond acceptors (Lipinski definition) is 6. The third-order valence-electron chi connectivity index (χ3n) is 2.10. The molecule has 1 aromatic carbocycles. The van der Waals surface area contributed by atoms with Crippen LogP contribution in [0.1, 0.15) is 17.5 Å². The van der Waals surface area contributed by atoms with E-state index in [1.165, 1.54) is 0 Å². The highest BCUT2D eigenvalue weighted by atomic mass is 79.9. The van der Waals surface area contributed by atoms with Crippen molar-refractivity contribution in [2.75, 3.05) is 12.3 Å². The van der Waals surface area contributed by atoms with Gasteiger partial charge in [0.05, 0.1) is 12.2 Å². The van der Waals surface area contributed by atoms with E-state index in [1.54, 1.807) is 25.1 Å². The summed E-state index contributed by atoms with van der Waals surface area (Å²) in [7, 11) is 0. The monoisotopic (exact) mass is 311 g/mol. The molecule has 2 N–H and O–H groups in total. The number of rotatable bonds is 3. The van der Waals surface area contributed by atoms with Gasteiger partial charge in [-0.25, -0.2) is 4.79 Å². The molecule has 94 valence electrons. The molecule has 0 spiro atoms. The lowest BCUT2D eigenvalue weighted by atomic mass is 10.2. The molecule has 0 bridgehead atoms. The number of ether oxygens (including phenoxy) is 1. The third kappa shape index (κ3) is 2.51. The van der Waals surface area contributed by atoms with Crippen molar-refractivity contribution in [3.8, 4) is 11.5 Å². The van der Waals surface area contributed by atoms with Crippen molar-refractivity contribution >= 4 is 27.6 Å². The average molecular weight is 312 g/mol. The van der Waals surface area contributed by atoms with Crippen molar-refractivity contribution in [3.63, 3.8) is 0 Å². The number of aromatic nitrogens is 2. The average Bonchev–Trinajstić information content (AvgIpc) is 2.82. The summed E-state index contributed by atoms with van der Waals surface area (Å²) in [6, 6.07) is 5.17. The molecule has 0 aliphatic heterocycles. The maximum Gasteiger partial charge on any atom is 0.379 e. The van der Waals surface area contributed by atoms with Crippen molar-refractivity contribution in [1.29, 1.82) is 0 Å². The predicted molar refractivity (Wildman–Crippen MR) is 67.8 cm³/mol. The molecule has 18 heavy (non-hydrogen) atoms. The Morgan fingerprint density at radius 2 is 2.33 bits per heavy atom. The minimum absolute atomic E-state index is 0.110. The Balaban J connectivity index is 2.35. The number of nitrogen functional groups attached to an aromatic ring is 1. The first kappa shape index (κ1) is 12.6. The quantitative estimate of drug-likeness (QED) is 0.690. The Kier molecular flexibility index (Phi) is 3.61. The molecule has 2 rings (SSSR count). The molecule has 0 atom stereocenters. The Morgan fingerprint density at radius 1 is 1.56 bits per heavy atom. The number of nitrogens with two attached hydrogens (primary N) is 1. The molecule has 1 heterocycles. The van der Waals surface area contributed by atoms with Gasteiger partial charge in [-0.3, -0.25) is 0 Å². The largest absolute Gasteiger partial charge is 0.460 e. The fraction of sp³-hybridized carbons (Fsp3) is 0.182. The fourth-order valence-corrected chi connectivity index (χ4v) is 1.73. The zero-order valence-electron chi connectivity index (χ0n) is 9.51. The van der Waals surface area contributed by atoms with Gasteiger partial charge in [-0.2, -0.15) is 4.98 Å². The first-order valence-corrected chi connectivity index (χ1v) is 5.97. The molecule has 0 aliphatic carbocycles. The zero-order valence-corrected chi connectivity index (χ0v) is 11.1. The predicted octanol–water partition coefficient (Wildman–Crippen LogP) is 2.26. The molecule has 0 radical (unpaired) electrons. The second-order valence-electron chi connectivity index (χ2n) is 3.38. The highest BCUT2D eigenvalue weighted by Gasteiger charge is 2.18. The SMILES string of the molecule is CCOC(=O)c1noc(-c2cc(N)ccc2Br)n1. The van der Waals surface area contributed by atoms with Gasteiger partial charge in [0.1, 0.15) is 0 Å². The first-order valence-electron chi connectivity index (χ1n) is 5.18. The van der Waals surface area contributed by atoms with Crippen LogP contribution in [0.3, 0.4) is 0 Å². The number of hydrogen-bond donors (Lipinski definition) is 1. The van der Waals surface area contributed by atoms with E-state index in [2.05, 4.69) is 26.1 Å². The van der Waals surface area contributed by atoms with E-state index < -0.39 is 5.97 Å². The van der Waals surface area contributed by atoms with Crippen LogP contribution in [0.25, 0.3) is 11.5 Å². The van der Waals surface area contributed by atoms with E-state index in [0.717, 1.165) is 4.47 Å². The lowest BCUT2D eigenvalue weighted by Crippen LogP contribution is -2.06. The second kappa shape index (κ2) is 5.18. The molecule has 1 aromatic heterocycles. The van der Waals surface area contributed by atoms with E-state index in [1.807, 2.05) is 0 Å². The first-order chi connectivity index (χ1) is 8.61. The molecule has 0 saturated carbocycles. The van der Waals surface area contributed by atoms with Gasteiger partial charge in [0.15, 0.2) is 0 Å². The van der Waals surface area contributed by atoms with Crippen molar-refractivity contribution in [2.45, 2.75) is 6.92 Å². The Morgan fingerprint density at radius 3 is 3.06 bits per heavy atom. The van der Waals surface area contributed by atoms with Gasteiger partial charge in [0.2, 0.25) is 0 Å². The van der Waals surface area contributed by atoms with E-state index in [4.69, 9.17) is 15.0 Å². The van der Waals surface area contributed by atoms with Gasteiger partial charge in [-0.05, 0) is 46.2 Å². The summed E-state index contributed by atoms with van der Waals surface area (Å²) in [4.78, 5) is 15.4. The number of benzene rings is 1. The van der Waals surface area contributed by atoms with E-state index in [-0.39, 0.29) is 18.3 Å². The maximum atomic E-state index is 11.4. The van der Waals surface area contributed by atoms with Crippen LogP contribution in [0.2, 0.25) is 0 Å². The molecular weight excluding hydrogens is 302 g/mol. The molecule has 0 amide bonds. The Bertz CT molecular complexity index is 583. The maximum absolute atomic E-state index is 11.4. The van der Waals surface area contributed by atoms with E-state index >= 15 is 0 Å². The van der Waals surface area contributed by atoms with Crippen LogP contribution in [0.5, 0.6) is 0 Å². The number of anilines is 1. The fourth-order valence-electron chi connectivity index (χ4n) is 1.32. The molecule has 0 fully saturated rings. The number of esters is 1. The zero-order chi connectivity index (χ0) is 13.1. The van der Waals surface area contributed by atoms with Gasteiger partial charge in [-0.15, -0.1) is 0 Å². The summed E-state index contributed by atoms with van der Waals surface area (Å²) < 4.78 is 10.5. The number of carbonyl (C=O) groups is 1.